The minimum Gasteiger partial charge on any atom is -0.389 e. The first-order valence-corrected chi connectivity index (χ1v) is 9.49. The van der Waals surface area contributed by atoms with Gasteiger partial charge in [-0.25, -0.2) is 4.39 Å². The highest BCUT2D eigenvalue weighted by atomic mass is 19.1. The summed E-state index contributed by atoms with van der Waals surface area (Å²) in [7, 11) is 0. The van der Waals surface area contributed by atoms with Gasteiger partial charge in [-0.3, -0.25) is 4.79 Å². The molecule has 0 radical (unpaired) electrons. The Morgan fingerprint density at radius 3 is 2.83 bits per heavy atom. The van der Waals surface area contributed by atoms with Gasteiger partial charge in [0.25, 0.3) is 0 Å². The maximum atomic E-state index is 15.3. The van der Waals surface area contributed by atoms with E-state index in [9.17, 15) is 9.90 Å². The van der Waals surface area contributed by atoms with E-state index in [0.29, 0.717) is 24.7 Å². The van der Waals surface area contributed by atoms with E-state index in [1.165, 1.54) is 5.57 Å². The number of aliphatic hydroxyl groups is 1. The first-order chi connectivity index (χ1) is 10.9. The van der Waals surface area contributed by atoms with Crippen LogP contribution in [0.4, 0.5) is 4.39 Å². The van der Waals surface area contributed by atoms with Crippen LogP contribution >= 0.6 is 0 Å². The average molecular weight is 320 g/mol. The molecule has 3 heteroatoms. The molecule has 3 fully saturated rings. The van der Waals surface area contributed by atoms with Gasteiger partial charge >= 0.3 is 0 Å². The Labute approximate surface area is 138 Å². The standard InChI is InChI=1S/C20H29FO2/c1-3-20(23)9-8-16-15-6-4-12-10-13(22)5-7-14(12)18(15)17(21)11-19(16,20)2/h10,14-18,23H,3-9,11H2,1-2H3/t14-,15-,16-,17-,18+,19-,20-/m0/s1. The van der Waals surface area contributed by atoms with E-state index in [-0.39, 0.29) is 23.0 Å². The van der Waals surface area contributed by atoms with E-state index in [1.807, 2.05) is 13.0 Å². The molecule has 4 rings (SSSR count). The monoisotopic (exact) mass is 320 g/mol. The molecule has 0 bridgehead atoms. The molecule has 0 aliphatic heterocycles. The van der Waals surface area contributed by atoms with E-state index < -0.39 is 11.8 Å². The van der Waals surface area contributed by atoms with Crippen LogP contribution in [0.2, 0.25) is 0 Å². The fourth-order valence-electron chi connectivity index (χ4n) is 6.87. The van der Waals surface area contributed by atoms with Gasteiger partial charge in [-0.2, -0.15) is 0 Å². The van der Waals surface area contributed by atoms with Gasteiger partial charge in [0, 0.05) is 11.8 Å². The number of halogens is 1. The summed E-state index contributed by atoms with van der Waals surface area (Å²) in [6, 6.07) is 0. The zero-order chi connectivity index (χ0) is 16.4. The van der Waals surface area contributed by atoms with E-state index in [4.69, 9.17) is 0 Å². The van der Waals surface area contributed by atoms with Crippen LogP contribution in [-0.4, -0.2) is 22.7 Å². The molecule has 4 aliphatic carbocycles. The molecular formula is C20H29FO2. The zero-order valence-electron chi connectivity index (χ0n) is 14.4. The van der Waals surface area contributed by atoms with Crippen LogP contribution < -0.4 is 0 Å². The van der Waals surface area contributed by atoms with Gasteiger partial charge in [0.1, 0.15) is 6.17 Å². The van der Waals surface area contributed by atoms with Crippen molar-refractivity contribution in [2.75, 3.05) is 0 Å². The molecule has 0 aromatic carbocycles. The summed E-state index contributed by atoms with van der Waals surface area (Å²) in [6.45, 7) is 4.19. The van der Waals surface area contributed by atoms with Crippen molar-refractivity contribution in [2.45, 2.75) is 77.0 Å². The molecule has 0 saturated heterocycles. The van der Waals surface area contributed by atoms with Crippen molar-refractivity contribution in [1.29, 1.82) is 0 Å². The lowest BCUT2D eigenvalue weighted by molar-refractivity contribution is -0.143. The Balaban J connectivity index is 1.69. The summed E-state index contributed by atoms with van der Waals surface area (Å²) >= 11 is 0. The number of rotatable bonds is 1. The molecular weight excluding hydrogens is 291 g/mol. The highest BCUT2D eigenvalue weighted by molar-refractivity contribution is 5.91. The van der Waals surface area contributed by atoms with Gasteiger partial charge in [-0.05, 0) is 74.7 Å². The number of carbonyl (C=O) groups excluding carboxylic acids is 1. The molecule has 2 nitrogen and oxygen atoms in total. The highest BCUT2D eigenvalue weighted by Crippen LogP contribution is 2.65. The third-order valence-electron chi connectivity index (χ3n) is 8.14. The summed E-state index contributed by atoms with van der Waals surface area (Å²) in [4.78, 5) is 11.7. The highest BCUT2D eigenvalue weighted by Gasteiger charge is 2.64. The molecule has 1 N–H and O–H groups in total. The number of carbonyl (C=O) groups is 1. The number of hydrogen-bond acceptors (Lipinski definition) is 2. The van der Waals surface area contributed by atoms with Gasteiger partial charge in [-0.15, -0.1) is 0 Å². The van der Waals surface area contributed by atoms with Crippen molar-refractivity contribution in [1.82, 2.24) is 0 Å². The summed E-state index contributed by atoms with van der Waals surface area (Å²) in [5.74, 6) is 1.43. The summed E-state index contributed by atoms with van der Waals surface area (Å²) < 4.78 is 15.3. The largest absolute Gasteiger partial charge is 0.389 e. The molecule has 0 spiro atoms. The van der Waals surface area contributed by atoms with Gasteiger partial charge in [0.15, 0.2) is 5.78 Å². The van der Waals surface area contributed by atoms with Crippen molar-refractivity contribution in [3.8, 4) is 0 Å². The summed E-state index contributed by atoms with van der Waals surface area (Å²) in [5, 5.41) is 11.1. The fourth-order valence-corrected chi connectivity index (χ4v) is 6.87. The van der Waals surface area contributed by atoms with Gasteiger partial charge in [0.05, 0.1) is 5.60 Å². The maximum absolute atomic E-state index is 15.3. The first kappa shape index (κ1) is 15.8. The third kappa shape index (κ3) is 2.04. The molecule has 0 heterocycles. The first-order valence-electron chi connectivity index (χ1n) is 9.49. The number of hydrogen-bond donors (Lipinski definition) is 1. The lowest BCUT2D eigenvalue weighted by Crippen LogP contribution is -2.56. The smallest absolute Gasteiger partial charge is 0.155 e. The fraction of sp³-hybridized carbons (Fsp3) is 0.850. The normalized spacial score (nSPS) is 52.4. The molecule has 0 unspecified atom stereocenters. The van der Waals surface area contributed by atoms with Crippen molar-refractivity contribution in [3.05, 3.63) is 11.6 Å². The summed E-state index contributed by atoms with van der Waals surface area (Å²) in [5.41, 5.74) is 0.261. The Morgan fingerprint density at radius 1 is 1.30 bits per heavy atom. The molecule has 0 amide bonds. The third-order valence-corrected chi connectivity index (χ3v) is 8.14. The van der Waals surface area contributed by atoms with Crippen LogP contribution in [-0.2, 0) is 4.79 Å². The Kier molecular flexibility index (Phi) is 3.54. The maximum Gasteiger partial charge on any atom is 0.155 e. The molecule has 23 heavy (non-hydrogen) atoms. The zero-order valence-corrected chi connectivity index (χ0v) is 14.4. The van der Waals surface area contributed by atoms with E-state index in [0.717, 1.165) is 38.5 Å². The Morgan fingerprint density at radius 2 is 2.09 bits per heavy atom. The van der Waals surface area contributed by atoms with Crippen molar-refractivity contribution >= 4 is 5.78 Å². The van der Waals surface area contributed by atoms with E-state index >= 15 is 4.39 Å². The average Bonchev–Trinajstić information content (AvgIpc) is 2.78. The predicted molar refractivity (Wildman–Crippen MR) is 87.6 cm³/mol. The van der Waals surface area contributed by atoms with Gasteiger partial charge in [-0.1, -0.05) is 19.4 Å². The summed E-state index contributed by atoms with van der Waals surface area (Å²) in [6.07, 6.45) is 7.47. The molecule has 4 aliphatic rings. The quantitative estimate of drug-likeness (QED) is 0.785. The topological polar surface area (TPSA) is 37.3 Å². The van der Waals surface area contributed by atoms with Crippen molar-refractivity contribution in [2.24, 2.45) is 29.1 Å². The van der Waals surface area contributed by atoms with Crippen LogP contribution in [0.15, 0.2) is 11.6 Å². The predicted octanol–water partition coefficient (Wildman–Crippen LogP) is 4.22. The Hall–Kier alpha value is -0.700. The van der Waals surface area contributed by atoms with Gasteiger partial charge in [0.2, 0.25) is 0 Å². The second-order valence-electron chi connectivity index (χ2n) is 8.78. The van der Waals surface area contributed by atoms with Crippen LogP contribution in [0, 0.1) is 29.1 Å². The van der Waals surface area contributed by atoms with E-state index in [1.54, 1.807) is 0 Å². The van der Waals surface area contributed by atoms with Crippen molar-refractivity contribution < 1.29 is 14.3 Å². The van der Waals surface area contributed by atoms with Crippen LogP contribution in [0.1, 0.15) is 65.2 Å². The SMILES string of the molecule is CC[C@]1(O)CC[C@H]2[C@@H]3CCC4=CC(=O)CC[C@@H]4[C@H]3[C@@H](F)C[C@@]21C. The van der Waals surface area contributed by atoms with Crippen LogP contribution in [0.3, 0.4) is 0 Å². The van der Waals surface area contributed by atoms with E-state index in [2.05, 4.69) is 6.92 Å². The minimum absolute atomic E-state index is 0.0837. The lowest BCUT2D eigenvalue weighted by atomic mass is 9.50. The number of allylic oxidation sites excluding steroid dienone is 1. The molecule has 128 valence electrons. The van der Waals surface area contributed by atoms with Crippen LogP contribution in [0.5, 0.6) is 0 Å². The minimum atomic E-state index is -0.834. The number of fused-ring (bicyclic) bond motifs is 5. The number of ketones is 1. The van der Waals surface area contributed by atoms with Gasteiger partial charge < -0.3 is 5.11 Å². The second kappa shape index (κ2) is 5.15. The second-order valence-corrected chi connectivity index (χ2v) is 8.78. The van der Waals surface area contributed by atoms with Crippen molar-refractivity contribution in [3.63, 3.8) is 0 Å². The molecule has 0 aromatic rings. The number of alkyl halides is 1. The Bertz CT molecular complexity index is 556. The molecule has 7 atom stereocenters. The molecule has 0 aromatic heterocycles. The van der Waals surface area contributed by atoms with Crippen LogP contribution in [0.25, 0.3) is 0 Å². The lowest BCUT2D eigenvalue weighted by Gasteiger charge is -2.56. The molecule has 3 saturated carbocycles.